The predicted molar refractivity (Wildman–Crippen MR) is 143 cm³/mol. The van der Waals surface area contributed by atoms with Gasteiger partial charge in [-0.25, -0.2) is 0 Å². The maximum absolute atomic E-state index is 13.7. The van der Waals surface area contributed by atoms with E-state index in [0.717, 1.165) is 14.7 Å². The van der Waals surface area contributed by atoms with E-state index in [2.05, 4.69) is 48.5 Å². The molecule has 0 bridgehead atoms. The minimum absolute atomic E-state index is 0.562. The van der Waals surface area contributed by atoms with E-state index in [-0.39, 0.29) is 0 Å². The first-order valence-corrected chi connectivity index (χ1v) is 14.7. The van der Waals surface area contributed by atoms with Crippen LogP contribution in [0, 0.1) is 6.92 Å². The van der Waals surface area contributed by atoms with Crippen LogP contribution >= 0.6 is 0 Å². The van der Waals surface area contributed by atoms with Gasteiger partial charge in [0.05, 0.1) is 16.5 Å². The van der Waals surface area contributed by atoms with Crippen LogP contribution in [0.15, 0.2) is 81.4 Å². The van der Waals surface area contributed by atoms with E-state index in [9.17, 15) is 13.2 Å². The van der Waals surface area contributed by atoms with Crippen LogP contribution in [0.5, 0.6) is 0 Å². The highest BCUT2D eigenvalue weighted by atomic mass is 32.2. The highest BCUT2D eigenvalue weighted by molar-refractivity contribution is 7.97. The molecule has 0 heterocycles. The van der Waals surface area contributed by atoms with Crippen LogP contribution in [-0.4, -0.2) is 0 Å². The van der Waals surface area contributed by atoms with Gasteiger partial charge in [-0.1, -0.05) is 62.8 Å². The lowest BCUT2D eigenvalue weighted by atomic mass is 9.84. The highest BCUT2D eigenvalue weighted by Gasteiger charge is 2.36. The summed E-state index contributed by atoms with van der Waals surface area (Å²) < 4.78 is 41.2. The summed E-state index contributed by atoms with van der Waals surface area (Å²) in [6.07, 6.45) is 8.38. The van der Waals surface area contributed by atoms with Crippen molar-refractivity contribution in [1.82, 2.24) is 0 Å². The quantitative estimate of drug-likeness (QED) is 0.300. The molecule has 0 atom stereocenters. The molecular formula is C32H36F3S+. The van der Waals surface area contributed by atoms with Crippen molar-refractivity contribution in [2.45, 2.75) is 104 Å². The Morgan fingerprint density at radius 3 is 1.44 bits per heavy atom. The van der Waals surface area contributed by atoms with E-state index in [1.165, 1.54) is 87.5 Å². The first-order chi connectivity index (χ1) is 17.4. The second-order valence-electron chi connectivity index (χ2n) is 10.6. The van der Waals surface area contributed by atoms with E-state index < -0.39 is 22.6 Å². The number of hydrogen-bond acceptors (Lipinski definition) is 0. The molecule has 0 amide bonds. The number of alkyl halides is 3. The summed E-state index contributed by atoms with van der Waals surface area (Å²) >= 11 is 0. The van der Waals surface area contributed by atoms with Crippen LogP contribution in [0.4, 0.5) is 13.2 Å². The molecule has 4 heteroatoms. The lowest BCUT2D eigenvalue weighted by Gasteiger charge is -2.22. The fourth-order valence-electron chi connectivity index (χ4n) is 6.06. The van der Waals surface area contributed by atoms with Gasteiger partial charge >= 0.3 is 6.18 Å². The van der Waals surface area contributed by atoms with Gasteiger partial charge in [0, 0.05) is 6.07 Å². The van der Waals surface area contributed by atoms with E-state index in [1.54, 1.807) is 6.92 Å². The van der Waals surface area contributed by atoms with Crippen LogP contribution in [0.2, 0.25) is 0 Å². The first-order valence-electron chi connectivity index (χ1n) is 13.5. The number of benzene rings is 3. The minimum Gasteiger partial charge on any atom is -0.166 e. The molecule has 0 radical (unpaired) electrons. The predicted octanol–water partition coefficient (Wildman–Crippen LogP) is 10.2. The van der Waals surface area contributed by atoms with Crippen molar-refractivity contribution in [3.05, 3.63) is 89.0 Å². The zero-order chi connectivity index (χ0) is 25.1. The Balaban J connectivity index is 1.52. The monoisotopic (exact) mass is 509 g/mol. The van der Waals surface area contributed by atoms with Gasteiger partial charge in [0.1, 0.15) is 0 Å². The third-order valence-electron chi connectivity index (χ3n) is 8.00. The van der Waals surface area contributed by atoms with Gasteiger partial charge in [0.15, 0.2) is 14.7 Å². The van der Waals surface area contributed by atoms with Crippen LogP contribution in [0.1, 0.15) is 98.3 Å². The third-order valence-corrected chi connectivity index (χ3v) is 10.2. The summed E-state index contributed by atoms with van der Waals surface area (Å²) in [5.74, 6) is 1.22. The third kappa shape index (κ3) is 5.85. The van der Waals surface area contributed by atoms with Crippen molar-refractivity contribution in [3.63, 3.8) is 0 Å². The first kappa shape index (κ1) is 25.4. The molecule has 2 fully saturated rings. The Morgan fingerprint density at radius 1 is 0.583 bits per heavy atom. The molecule has 0 saturated heterocycles. The van der Waals surface area contributed by atoms with Crippen LogP contribution < -0.4 is 0 Å². The number of aryl methyl sites for hydroxylation is 1. The molecule has 0 nitrogen and oxygen atoms in total. The Kier molecular flexibility index (Phi) is 7.81. The molecule has 3 aromatic rings. The van der Waals surface area contributed by atoms with Gasteiger partial charge in [-0.05, 0) is 97.5 Å². The van der Waals surface area contributed by atoms with E-state index in [0.29, 0.717) is 17.4 Å². The summed E-state index contributed by atoms with van der Waals surface area (Å²) in [5.41, 5.74) is 2.83. The fourth-order valence-corrected chi connectivity index (χ4v) is 8.24. The van der Waals surface area contributed by atoms with Crippen LogP contribution in [-0.2, 0) is 17.1 Å². The van der Waals surface area contributed by atoms with Gasteiger partial charge in [-0.3, -0.25) is 0 Å². The standard InChI is InChI=1S/C32H36F3S/c1-23-20-28(32(33,34)35)22-31(21-23)36(29-16-12-26(13-17-29)24-8-4-2-5-9-24)30-18-14-27(15-19-30)25-10-6-3-7-11-25/h12-22,24-25H,2-11H2,1H3/q+1. The second-order valence-corrected chi connectivity index (χ2v) is 12.7. The van der Waals surface area contributed by atoms with Gasteiger partial charge in [-0.15, -0.1) is 0 Å². The van der Waals surface area contributed by atoms with Crippen molar-refractivity contribution in [1.29, 1.82) is 0 Å². The SMILES string of the molecule is Cc1cc([S+](c2ccc(C3CCCCC3)cc2)c2ccc(C3CCCCC3)cc2)cc(C(F)(F)F)c1. The topological polar surface area (TPSA) is 0 Å². The largest absolute Gasteiger partial charge is 0.416 e. The Morgan fingerprint density at radius 2 is 1.03 bits per heavy atom. The zero-order valence-electron chi connectivity index (χ0n) is 21.1. The van der Waals surface area contributed by atoms with Gasteiger partial charge in [0.25, 0.3) is 0 Å². The van der Waals surface area contributed by atoms with Crippen molar-refractivity contribution in [2.24, 2.45) is 0 Å². The lowest BCUT2D eigenvalue weighted by Crippen LogP contribution is -2.11. The maximum Gasteiger partial charge on any atom is 0.416 e. The second kappa shape index (κ2) is 11.0. The molecule has 2 saturated carbocycles. The average Bonchev–Trinajstić information content (AvgIpc) is 2.90. The summed E-state index contributed by atoms with van der Waals surface area (Å²) in [6.45, 7) is 1.76. The van der Waals surface area contributed by atoms with E-state index >= 15 is 0 Å². The number of halogens is 3. The highest BCUT2D eigenvalue weighted by Crippen LogP contribution is 2.39. The smallest absolute Gasteiger partial charge is 0.166 e. The Labute approximate surface area is 216 Å². The molecule has 2 aliphatic carbocycles. The molecule has 2 aliphatic rings. The van der Waals surface area contributed by atoms with Crippen LogP contribution in [0.3, 0.4) is 0 Å². The normalized spacial score (nSPS) is 18.0. The summed E-state index contributed by atoms with van der Waals surface area (Å²) in [6, 6.07) is 22.1. The molecule has 5 rings (SSSR count). The molecular weight excluding hydrogens is 473 g/mol. The molecule has 190 valence electrons. The summed E-state index contributed by atoms with van der Waals surface area (Å²) in [7, 11) is -0.596. The van der Waals surface area contributed by atoms with Crippen molar-refractivity contribution >= 4 is 10.9 Å². The average molecular weight is 510 g/mol. The minimum atomic E-state index is -4.36. The van der Waals surface area contributed by atoms with Gasteiger partial charge < -0.3 is 0 Å². The van der Waals surface area contributed by atoms with E-state index in [4.69, 9.17) is 0 Å². The molecule has 0 unspecified atom stereocenters. The van der Waals surface area contributed by atoms with E-state index in [1.807, 2.05) is 6.07 Å². The number of rotatable bonds is 5. The molecule has 3 aromatic carbocycles. The van der Waals surface area contributed by atoms with Crippen molar-refractivity contribution in [3.8, 4) is 0 Å². The lowest BCUT2D eigenvalue weighted by molar-refractivity contribution is -0.137. The molecule has 0 spiro atoms. The summed E-state index contributed by atoms with van der Waals surface area (Å²) in [4.78, 5) is 2.90. The maximum atomic E-state index is 13.7. The van der Waals surface area contributed by atoms with Gasteiger partial charge in [-0.2, -0.15) is 13.2 Å². The molecule has 36 heavy (non-hydrogen) atoms. The fraction of sp³-hybridized carbons (Fsp3) is 0.438. The Hall–Kier alpha value is -2.20. The van der Waals surface area contributed by atoms with Gasteiger partial charge in [0.2, 0.25) is 0 Å². The molecule has 0 aliphatic heterocycles. The van der Waals surface area contributed by atoms with Crippen molar-refractivity contribution < 1.29 is 13.2 Å². The Bertz CT molecular complexity index is 1070. The summed E-state index contributed by atoms with van der Waals surface area (Å²) in [5, 5.41) is 0. The molecule has 0 N–H and O–H groups in total. The van der Waals surface area contributed by atoms with Crippen molar-refractivity contribution in [2.75, 3.05) is 0 Å². The number of hydrogen-bond donors (Lipinski definition) is 0. The molecule has 0 aromatic heterocycles. The zero-order valence-corrected chi connectivity index (χ0v) is 21.9. The van der Waals surface area contributed by atoms with Crippen LogP contribution in [0.25, 0.3) is 0 Å².